The van der Waals surface area contributed by atoms with E-state index in [-0.39, 0.29) is 5.82 Å². The lowest BCUT2D eigenvalue weighted by atomic mass is 10.2. The molecule has 1 aromatic rings. The Balaban J connectivity index is 2.66. The molecule has 0 aromatic heterocycles. The average Bonchev–Trinajstić information content (AvgIpc) is 1.99. The molecule has 0 spiro atoms. The zero-order valence-corrected chi connectivity index (χ0v) is 7.97. The summed E-state index contributed by atoms with van der Waals surface area (Å²) in [6.07, 6.45) is 0. The van der Waals surface area contributed by atoms with Crippen LogP contribution in [0.15, 0.2) is 18.2 Å². The van der Waals surface area contributed by atoms with Crippen LogP contribution in [-0.2, 0) is 0 Å². The predicted octanol–water partition coefficient (Wildman–Crippen LogP) is 2.48. The van der Waals surface area contributed by atoms with E-state index in [9.17, 15) is 4.39 Å². The van der Waals surface area contributed by atoms with Gasteiger partial charge in [0.05, 0.1) is 0 Å². The van der Waals surface area contributed by atoms with Crippen LogP contribution in [0.5, 0.6) is 0 Å². The number of nitrogens with one attached hydrogen (secondary N) is 1. The smallest absolute Gasteiger partial charge is 0.127 e. The first-order valence-corrected chi connectivity index (χ1v) is 4.38. The third-order valence-corrected chi connectivity index (χ3v) is 1.63. The minimum Gasteiger partial charge on any atom is -0.399 e. The van der Waals surface area contributed by atoms with Crippen molar-refractivity contribution in [1.82, 2.24) is 0 Å². The van der Waals surface area contributed by atoms with Gasteiger partial charge in [-0.2, -0.15) is 0 Å². The van der Waals surface area contributed by atoms with Crippen LogP contribution in [-0.4, -0.2) is 6.54 Å². The summed E-state index contributed by atoms with van der Waals surface area (Å²) in [5, 5.41) is 3.11. The second-order valence-corrected chi connectivity index (χ2v) is 3.55. The Bertz CT molecular complexity index is 264. The second-order valence-electron chi connectivity index (χ2n) is 3.55. The van der Waals surface area contributed by atoms with Crippen molar-refractivity contribution in [3.63, 3.8) is 0 Å². The van der Waals surface area contributed by atoms with Gasteiger partial charge < -0.3 is 11.1 Å². The first-order chi connectivity index (χ1) is 6.08. The molecule has 0 amide bonds. The van der Waals surface area contributed by atoms with Gasteiger partial charge in [-0.05, 0) is 24.1 Å². The van der Waals surface area contributed by atoms with Crippen LogP contribution in [0, 0.1) is 11.7 Å². The van der Waals surface area contributed by atoms with Crippen LogP contribution < -0.4 is 11.1 Å². The van der Waals surface area contributed by atoms with Gasteiger partial charge >= 0.3 is 0 Å². The monoisotopic (exact) mass is 182 g/mol. The highest BCUT2D eigenvalue weighted by atomic mass is 19.1. The molecule has 0 atom stereocenters. The van der Waals surface area contributed by atoms with E-state index >= 15 is 0 Å². The second kappa shape index (κ2) is 4.12. The third kappa shape index (κ3) is 3.32. The minimum atomic E-state index is -0.300. The van der Waals surface area contributed by atoms with Crippen molar-refractivity contribution in [3.05, 3.63) is 24.0 Å². The van der Waals surface area contributed by atoms with E-state index in [0.29, 0.717) is 11.6 Å². The quantitative estimate of drug-likeness (QED) is 0.705. The minimum absolute atomic E-state index is 0.300. The van der Waals surface area contributed by atoms with Crippen molar-refractivity contribution in [2.24, 2.45) is 5.92 Å². The fourth-order valence-corrected chi connectivity index (χ4v) is 1.04. The van der Waals surface area contributed by atoms with Crippen molar-refractivity contribution in [2.75, 3.05) is 17.6 Å². The van der Waals surface area contributed by atoms with Crippen LogP contribution in [0.2, 0.25) is 0 Å². The van der Waals surface area contributed by atoms with E-state index in [1.807, 2.05) is 0 Å². The van der Waals surface area contributed by atoms with Gasteiger partial charge in [-0.1, -0.05) is 13.8 Å². The molecule has 0 aliphatic carbocycles. The lowest BCUT2D eigenvalue weighted by Crippen LogP contribution is -2.08. The molecule has 2 nitrogen and oxygen atoms in total. The number of nitrogens with two attached hydrogens (primary N) is 1. The fourth-order valence-electron chi connectivity index (χ4n) is 1.04. The summed E-state index contributed by atoms with van der Waals surface area (Å²) in [5.41, 5.74) is 6.68. The van der Waals surface area contributed by atoms with Gasteiger partial charge in [0.1, 0.15) is 5.82 Å². The van der Waals surface area contributed by atoms with Gasteiger partial charge in [-0.3, -0.25) is 0 Å². The first-order valence-electron chi connectivity index (χ1n) is 4.38. The summed E-state index contributed by atoms with van der Waals surface area (Å²) >= 11 is 0. The molecular formula is C10H15FN2. The molecule has 0 radical (unpaired) electrons. The Labute approximate surface area is 77.9 Å². The highest BCUT2D eigenvalue weighted by Gasteiger charge is 1.98. The summed E-state index contributed by atoms with van der Waals surface area (Å²) in [6, 6.07) is 4.48. The average molecular weight is 182 g/mol. The molecule has 0 saturated carbocycles. The number of rotatable bonds is 3. The topological polar surface area (TPSA) is 38.0 Å². The summed E-state index contributed by atoms with van der Waals surface area (Å²) < 4.78 is 12.8. The van der Waals surface area contributed by atoms with E-state index in [0.717, 1.165) is 12.2 Å². The summed E-state index contributed by atoms with van der Waals surface area (Å²) in [4.78, 5) is 0. The van der Waals surface area contributed by atoms with Crippen molar-refractivity contribution in [3.8, 4) is 0 Å². The van der Waals surface area contributed by atoms with Gasteiger partial charge in [0, 0.05) is 17.9 Å². The Morgan fingerprint density at radius 1 is 1.38 bits per heavy atom. The maximum absolute atomic E-state index is 12.8. The fraction of sp³-hybridized carbons (Fsp3) is 0.400. The lowest BCUT2D eigenvalue weighted by Gasteiger charge is -2.09. The number of anilines is 2. The van der Waals surface area contributed by atoms with Crippen LogP contribution >= 0.6 is 0 Å². The zero-order valence-electron chi connectivity index (χ0n) is 7.97. The van der Waals surface area contributed by atoms with Gasteiger partial charge in [0.2, 0.25) is 0 Å². The Hall–Kier alpha value is -1.25. The molecule has 13 heavy (non-hydrogen) atoms. The van der Waals surface area contributed by atoms with Crippen LogP contribution in [0.25, 0.3) is 0 Å². The van der Waals surface area contributed by atoms with Crippen LogP contribution in [0.1, 0.15) is 13.8 Å². The number of hydrogen-bond donors (Lipinski definition) is 2. The van der Waals surface area contributed by atoms with Crippen molar-refractivity contribution in [1.29, 1.82) is 0 Å². The number of hydrogen-bond acceptors (Lipinski definition) is 2. The maximum Gasteiger partial charge on any atom is 0.127 e. The van der Waals surface area contributed by atoms with Crippen molar-refractivity contribution >= 4 is 11.4 Å². The van der Waals surface area contributed by atoms with Crippen LogP contribution in [0.3, 0.4) is 0 Å². The molecule has 0 saturated heterocycles. The molecule has 0 fully saturated rings. The predicted molar refractivity (Wildman–Crippen MR) is 54.1 cm³/mol. The molecule has 72 valence electrons. The van der Waals surface area contributed by atoms with E-state index in [1.165, 1.54) is 12.1 Å². The summed E-state index contributed by atoms with van der Waals surface area (Å²) in [5.74, 6) is 0.232. The van der Waals surface area contributed by atoms with Gasteiger partial charge in [0.25, 0.3) is 0 Å². The Morgan fingerprint density at radius 3 is 2.62 bits per heavy atom. The summed E-state index contributed by atoms with van der Waals surface area (Å²) in [7, 11) is 0. The zero-order chi connectivity index (χ0) is 9.84. The highest BCUT2D eigenvalue weighted by molar-refractivity contribution is 5.54. The van der Waals surface area contributed by atoms with Gasteiger partial charge in [0.15, 0.2) is 0 Å². The van der Waals surface area contributed by atoms with E-state index in [1.54, 1.807) is 6.07 Å². The van der Waals surface area contributed by atoms with E-state index < -0.39 is 0 Å². The molecule has 0 aliphatic rings. The molecule has 0 heterocycles. The van der Waals surface area contributed by atoms with Crippen molar-refractivity contribution in [2.45, 2.75) is 13.8 Å². The van der Waals surface area contributed by atoms with Crippen LogP contribution in [0.4, 0.5) is 15.8 Å². The molecule has 0 bridgehead atoms. The van der Waals surface area contributed by atoms with Gasteiger partial charge in [-0.15, -0.1) is 0 Å². The van der Waals surface area contributed by atoms with Crippen molar-refractivity contribution < 1.29 is 4.39 Å². The highest BCUT2D eigenvalue weighted by Crippen LogP contribution is 2.15. The van der Waals surface area contributed by atoms with Gasteiger partial charge in [-0.25, -0.2) is 4.39 Å². The maximum atomic E-state index is 12.8. The van der Waals surface area contributed by atoms with E-state index in [2.05, 4.69) is 19.2 Å². The molecule has 1 aromatic carbocycles. The molecule has 3 heteroatoms. The molecule has 0 unspecified atom stereocenters. The molecular weight excluding hydrogens is 167 g/mol. The Morgan fingerprint density at radius 2 is 2.08 bits per heavy atom. The number of halogens is 1. The third-order valence-electron chi connectivity index (χ3n) is 1.63. The lowest BCUT2D eigenvalue weighted by molar-refractivity contribution is 0.628. The van der Waals surface area contributed by atoms with E-state index in [4.69, 9.17) is 5.73 Å². The SMILES string of the molecule is CC(C)CNc1cc(N)cc(F)c1. The largest absolute Gasteiger partial charge is 0.399 e. The first kappa shape index (κ1) is 9.84. The normalized spacial score (nSPS) is 10.5. The molecule has 3 N–H and O–H groups in total. The standard InChI is InChI=1S/C10H15FN2/c1-7(2)6-13-10-4-8(11)3-9(12)5-10/h3-5,7,13H,6,12H2,1-2H3. The number of nitrogen functional groups attached to an aromatic ring is 1. The number of benzene rings is 1. The molecule has 0 aliphatic heterocycles. The summed E-state index contributed by atoms with van der Waals surface area (Å²) in [6.45, 7) is 5.01. The molecule has 1 rings (SSSR count). The Kier molecular flexibility index (Phi) is 3.12.